The highest BCUT2D eigenvalue weighted by Gasteiger charge is 2.17. The lowest BCUT2D eigenvalue weighted by molar-refractivity contribution is -0.119. The first-order valence-corrected chi connectivity index (χ1v) is 14.3. The highest BCUT2D eigenvalue weighted by Crippen LogP contribution is 2.42. The van der Waals surface area contributed by atoms with E-state index in [2.05, 4.69) is 14.8 Å². The summed E-state index contributed by atoms with van der Waals surface area (Å²) in [5, 5.41) is 18.4. The van der Waals surface area contributed by atoms with Gasteiger partial charge in [-0.25, -0.2) is 9.36 Å². The van der Waals surface area contributed by atoms with E-state index < -0.39 is 13.8 Å². The lowest BCUT2D eigenvalue weighted by Gasteiger charge is -2.10. The van der Waals surface area contributed by atoms with Gasteiger partial charge in [0.05, 0.1) is 25.9 Å². The molecule has 0 heterocycles. The summed E-state index contributed by atoms with van der Waals surface area (Å²) in [6.45, 7) is 0.826. The van der Waals surface area contributed by atoms with E-state index in [1.54, 1.807) is 19.2 Å². The van der Waals surface area contributed by atoms with E-state index in [9.17, 15) is 19.3 Å². The summed E-state index contributed by atoms with van der Waals surface area (Å²) in [4.78, 5) is 33.6. The molecule has 0 bridgehead atoms. The third-order valence-corrected chi connectivity index (χ3v) is 6.65. The largest absolute Gasteiger partial charge is 0.508 e. The third kappa shape index (κ3) is 11.9. The second-order valence-electron chi connectivity index (χ2n) is 8.72. The number of ether oxygens (including phenoxy) is 3. The number of hydrogen-bond acceptors (Lipinski definition) is 11. The van der Waals surface area contributed by atoms with Crippen molar-refractivity contribution in [2.24, 2.45) is 10.2 Å². The van der Waals surface area contributed by atoms with Crippen molar-refractivity contribution in [1.29, 1.82) is 0 Å². The van der Waals surface area contributed by atoms with Crippen molar-refractivity contribution in [3.05, 3.63) is 47.5 Å². The number of rotatable bonds is 19. The number of phosphoric ester groups is 1. The first-order chi connectivity index (χ1) is 19.2. The average molecular weight is 581 g/mol. The van der Waals surface area contributed by atoms with Crippen molar-refractivity contribution in [2.45, 2.75) is 44.9 Å². The van der Waals surface area contributed by atoms with Crippen LogP contribution >= 0.6 is 7.82 Å². The molecule has 13 heteroatoms. The number of benzene rings is 2. The minimum absolute atomic E-state index is 0.0203. The quantitative estimate of drug-likeness (QED) is 0.0894. The molecule has 2 rings (SSSR count). The monoisotopic (exact) mass is 580 g/mol. The van der Waals surface area contributed by atoms with Crippen LogP contribution in [0.1, 0.15) is 54.4 Å². The van der Waals surface area contributed by atoms with Crippen LogP contribution in [-0.2, 0) is 34.3 Å². The van der Waals surface area contributed by atoms with E-state index in [0.717, 1.165) is 25.5 Å². The SMILES string of the molecule is COCCCc1ccc(N=Nc2ccc(O)cc2OCCCC(=O)CCCCOP(=O)(O)OC)c(C(=O)OC)c1. The fourth-order valence-electron chi connectivity index (χ4n) is 3.56. The molecular formula is C27H37N2O10P. The molecule has 0 saturated heterocycles. The minimum Gasteiger partial charge on any atom is -0.508 e. The van der Waals surface area contributed by atoms with E-state index >= 15 is 0 Å². The molecule has 0 radical (unpaired) electrons. The van der Waals surface area contributed by atoms with Crippen LogP contribution in [0.25, 0.3) is 0 Å². The number of unbranched alkanes of at least 4 members (excludes halogenated alkanes) is 1. The van der Waals surface area contributed by atoms with Gasteiger partial charge in [0.15, 0.2) is 0 Å². The molecule has 0 aliphatic rings. The molecule has 1 unspecified atom stereocenters. The maximum absolute atomic E-state index is 12.4. The van der Waals surface area contributed by atoms with Crippen LogP contribution in [-0.4, -0.2) is 62.9 Å². The van der Waals surface area contributed by atoms with Gasteiger partial charge < -0.3 is 24.2 Å². The number of carbonyl (C=O) groups excluding carboxylic acids is 2. The van der Waals surface area contributed by atoms with E-state index in [4.69, 9.17) is 23.6 Å². The summed E-state index contributed by atoms with van der Waals surface area (Å²) in [5.74, 6) is -0.260. The number of ketones is 1. The molecule has 12 nitrogen and oxygen atoms in total. The maximum atomic E-state index is 12.4. The average Bonchev–Trinajstić information content (AvgIpc) is 2.94. The van der Waals surface area contributed by atoms with E-state index in [1.807, 2.05) is 6.07 Å². The van der Waals surface area contributed by atoms with Gasteiger partial charge in [-0.3, -0.25) is 13.8 Å². The van der Waals surface area contributed by atoms with Gasteiger partial charge in [0.25, 0.3) is 0 Å². The maximum Gasteiger partial charge on any atom is 0.471 e. The fourth-order valence-corrected chi connectivity index (χ4v) is 4.03. The third-order valence-electron chi connectivity index (χ3n) is 5.68. The number of hydrogen-bond donors (Lipinski definition) is 2. The van der Waals surface area contributed by atoms with Crippen molar-refractivity contribution in [3.63, 3.8) is 0 Å². The second kappa shape index (κ2) is 17.5. The second-order valence-corrected chi connectivity index (χ2v) is 10.3. The number of carbonyl (C=O) groups is 2. The number of Topliss-reactive ketones (excluding diaryl/α,β-unsaturated/α-hetero) is 1. The lowest BCUT2D eigenvalue weighted by atomic mass is 10.0. The van der Waals surface area contributed by atoms with Crippen LogP contribution in [0.2, 0.25) is 0 Å². The van der Waals surface area contributed by atoms with Crippen LogP contribution in [0, 0.1) is 0 Å². The Balaban J connectivity index is 1.94. The van der Waals surface area contributed by atoms with Crippen LogP contribution < -0.4 is 4.74 Å². The van der Waals surface area contributed by atoms with Crippen LogP contribution in [0.5, 0.6) is 11.5 Å². The first kappa shape index (κ1) is 33.1. The zero-order chi connectivity index (χ0) is 29.4. The smallest absolute Gasteiger partial charge is 0.471 e. The number of aromatic hydroxyl groups is 1. The molecule has 220 valence electrons. The Bertz CT molecular complexity index is 1190. The van der Waals surface area contributed by atoms with Crippen molar-refractivity contribution >= 4 is 31.0 Å². The Hall–Kier alpha value is -3.15. The van der Waals surface area contributed by atoms with Crippen molar-refractivity contribution in [2.75, 3.05) is 41.2 Å². The highest BCUT2D eigenvalue weighted by molar-refractivity contribution is 7.47. The van der Waals surface area contributed by atoms with Crippen molar-refractivity contribution < 1.29 is 47.4 Å². The summed E-state index contributed by atoms with van der Waals surface area (Å²) in [6.07, 6.45) is 3.52. The predicted octanol–water partition coefficient (Wildman–Crippen LogP) is 5.84. The zero-order valence-electron chi connectivity index (χ0n) is 23.0. The van der Waals surface area contributed by atoms with Crippen molar-refractivity contribution in [3.8, 4) is 11.5 Å². The van der Waals surface area contributed by atoms with Crippen LogP contribution in [0.3, 0.4) is 0 Å². The van der Waals surface area contributed by atoms with E-state index in [-0.39, 0.29) is 42.5 Å². The Kier molecular flexibility index (Phi) is 14.5. The Morgan fingerprint density at radius 1 is 0.875 bits per heavy atom. The number of nitrogens with zero attached hydrogens (tertiary/aromatic N) is 2. The Morgan fingerprint density at radius 2 is 1.60 bits per heavy atom. The van der Waals surface area contributed by atoms with Crippen LogP contribution in [0.15, 0.2) is 46.6 Å². The topological polar surface area (TPSA) is 163 Å². The lowest BCUT2D eigenvalue weighted by Crippen LogP contribution is -2.04. The molecule has 0 aliphatic heterocycles. The van der Waals surface area contributed by atoms with Gasteiger partial charge in [0, 0.05) is 39.7 Å². The number of azo groups is 1. The fraction of sp³-hybridized carbons (Fsp3) is 0.481. The zero-order valence-corrected chi connectivity index (χ0v) is 23.9. The molecule has 0 aromatic heterocycles. The molecule has 0 aliphatic carbocycles. The minimum atomic E-state index is -3.99. The van der Waals surface area contributed by atoms with E-state index in [0.29, 0.717) is 43.7 Å². The molecule has 2 N–H and O–H groups in total. The number of phenolic OH excluding ortho intramolecular Hbond substituents is 1. The molecule has 0 saturated carbocycles. The predicted molar refractivity (Wildman–Crippen MR) is 147 cm³/mol. The summed E-state index contributed by atoms with van der Waals surface area (Å²) in [6, 6.07) is 9.65. The van der Waals surface area contributed by atoms with Crippen molar-refractivity contribution in [1.82, 2.24) is 0 Å². The van der Waals surface area contributed by atoms with Gasteiger partial charge in [0.1, 0.15) is 28.7 Å². The molecule has 0 fully saturated rings. The molecule has 40 heavy (non-hydrogen) atoms. The molecule has 0 amide bonds. The number of aryl methyl sites for hydroxylation is 1. The molecule has 2 aromatic rings. The number of esters is 1. The Morgan fingerprint density at radius 3 is 2.33 bits per heavy atom. The van der Waals surface area contributed by atoms with Gasteiger partial charge in [-0.2, -0.15) is 0 Å². The summed E-state index contributed by atoms with van der Waals surface area (Å²) in [7, 11) is 0.0209. The number of phosphoric acid groups is 1. The van der Waals surface area contributed by atoms with Gasteiger partial charge in [-0.05, 0) is 61.9 Å². The van der Waals surface area contributed by atoms with Gasteiger partial charge in [0.2, 0.25) is 0 Å². The Labute approximate surface area is 233 Å². The summed E-state index contributed by atoms with van der Waals surface area (Å²) >= 11 is 0. The number of phenols is 1. The van der Waals surface area contributed by atoms with Gasteiger partial charge >= 0.3 is 13.8 Å². The van der Waals surface area contributed by atoms with Crippen LogP contribution in [0.4, 0.5) is 11.4 Å². The molecule has 2 aromatic carbocycles. The van der Waals surface area contributed by atoms with Gasteiger partial charge in [-0.1, -0.05) is 6.07 Å². The molecule has 1 atom stereocenters. The van der Waals surface area contributed by atoms with Gasteiger partial charge in [-0.15, -0.1) is 10.2 Å². The summed E-state index contributed by atoms with van der Waals surface area (Å²) < 4.78 is 36.0. The van der Waals surface area contributed by atoms with E-state index in [1.165, 1.54) is 25.3 Å². The number of methoxy groups -OCH3 is 2. The highest BCUT2D eigenvalue weighted by atomic mass is 31.2. The molecule has 0 spiro atoms. The normalized spacial score (nSPS) is 12.8. The molecular weight excluding hydrogens is 543 g/mol. The first-order valence-electron chi connectivity index (χ1n) is 12.8. The standard InChI is InChI=1S/C27H37N2O10P/c1-35-15-6-8-20-11-13-24(23(18-20)27(32)36-2)28-29-25-14-12-22(31)19-26(25)38-16-7-10-21(30)9-4-5-17-39-40(33,34)37-3/h11-14,18-19,31H,4-10,15-17H2,1-3H3,(H,33,34). The summed E-state index contributed by atoms with van der Waals surface area (Å²) in [5.41, 5.74) is 1.87.